The number of benzene rings is 2. The zero-order valence-corrected chi connectivity index (χ0v) is 16.6. The number of hydrogen-bond donors (Lipinski definition) is 2. The van der Waals surface area contributed by atoms with Gasteiger partial charge in [-0.3, -0.25) is 14.4 Å². The third-order valence-electron chi connectivity index (χ3n) is 4.75. The van der Waals surface area contributed by atoms with Gasteiger partial charge in [0.15, 0.2) is 0 Å². The van der Waals surface area contributed by atoms with Crippen LogP contribution in [0.4, 0.5) is 0 Å². The van der Waals surface area contributed by atoms with Gasteiger partial charge < -0.3 is 15.2 Å². The molecule has 0 fully saturated rings. The van der Waals surface area contributed by atoms with Crippen molar-refractivity contribution in [3.63, 3.8) is 0 Å². The van der Waals surface area contributed by atoms with Crippen LogP contribution in [0.5, 0.6) is 0 Å². The van der Waals surface area contributed by atoms with Crippen molar-refractivity contribution in [2.45, 2.75) is 25.8 Å². The van der Waals surface area contributed by atoms with E-state index in [0.29, 0.717) is 48.1 Å². The van der Waals surface area contributed by atoms with Crippen LogP contribution >= 0.6 is 0 Å². The Kier molecular flexibility index (Phi) is 6.39. The average molecular weight is 392 g/mol. The Hall–Kier alpha value is -3.48. The van der Waals surface area contributed by atoms with E-state index in [1.54, 1.807) is 43.3 Å². The number of hydrogen-bond acceptors (Lipinski definition) is 4. The number of nitrogens with zero attached hydrogens (tertiary/aromatic N) is 2. The van der Waals surface area contributed by atoms with E-state index in [9.17, 15) is 14.4 Å². The van der Waals surface area contributed by atoms with Crippen LogP contribution in [0.2, 0.25) is 0 Å². The molecule has 0 atom stereocenters. The molecule has 150 valence electrons. The lowest BCUT2D eigenvalue weighted by Gasteiger charge is -2.17. The van der Waals surface area contributed by atoms with Gasteiger partial charge in [-0.25, -0.2) is 4.98 Å². The predicted octanol–water partition coefficient (Wildman–Crippen LogP) is 2.26. The first kappa shape index (κ1) is 20.3. The molecule has 2 N–H and O–H groups in total. The SMILES string of the molecule is CNC(=O)c1ccc(CN(C)C(=O)CCCc2nc3ccccc3c(=O)[nH]2)cc1. The van der Waals surface area contributed by atoms with Crippen molar-refractivity contribution < 1.29 is 9.59 Å². The average Bonchev–Trinajstić information content (AvgIpc) is 2.73. The number of carbonyl (C=O) groups excluding carboxylic acids is 2. The Morgan fingerprint density at radius 3 is 2.55 bits per heavy atom. The van der Waals surface area contributed by atoms with Crippen molar-refractivity contribution in [1.82, 2.24) is 20.2 Å². The standard InChI is InChI=1S/C22H24N4O3/c1-23-21(28)16-12-10-15(11-13-16)14-26(2)20(27)9-5-8-19-24-18-7-4-3-6-17(18)22(29)25-19/h3-4,6-7,10-13H,5,8-9,14H2,1-2H3,(H,23,28)(H,24,25,29). The summed E-state index contributed by atoms with van der Waals surface area (Å²) in [7, 11) is 3.34. The molecule has 0 aliphatic heterocycles. The monoisotopic (exact) mass is 392 g/mol. The van der Waals surface area contributed by atoms with E-state index in [4.69, 9.17) is 0 Å². The second-order valence-corrected chi connectivity index (χ2v) is 6.91. The fourth-order valence-corrected chi connectivity index (χ4v) is 3.12. The van der Waals surface area contributed by atoms with Gasteiger partial charge in [0.05, 0.1) is 10.9 Å². The highest BCUT2D eigenvalue weighted by Gasteiger charge is 2.11. The summed E-state index contributed by atoms with van der Waals surface area (Å²) in [6, 6.07) is 14.4. The summed E-state index contributed by atoms with van der Waals surface area (Å²) >= 11 is 0. The first-order valence-electron chi connectivity index (χ1n) is 9.51. The highest BCUT2D eigenvalue weighted by atomic mass is 16.2. The van der Waals surface area contributed by atoms with Crippen molar-refractivity contribution in [3.05, 3.63) is 75.8 Å². The fraction of sp³-hybridized carbons (Fsp3) is 0.273. The number of amides is 2. The molecule has 3 rings (SSSR count). The number of nitrogens with one attached hydrogen (secondary N) is 2. The lowest BCUT2D eigenvalue weighted by molar-refractivity contribution is -0.130. The molecule has 7 nitrogen and oxygen atoms in total. The number of fused-ring (bicyclic) bond motifs is 1. The Balaban J connectivity index is 1.52. The van der Waals surface area contributed by atoms with E-state index in [2.05, 4.69) is 15.3 Å². The smallest absolute Gasteiger partial charge is 0.258 e. The maximum absolute atomic E-state index is 12.4. The fourth-order valence-electron chi connectivity index (χ4n) is 3.12. The Morgan fingerprint density at radius 2 is 1.83 bits per heavy atom. The van der Waals surface area contributed by atoms with Gasteiger partial charge in [0.25, 0.3) is 11.5 Å². The second-order valence-electron chi connectivity index (χ2n) is 6.91. The number of para-hydroxylation sites is 1. The molecule has 0 unspecified atom stereocenters. The topological polar surface area (TPSA) is 95.2 Å². The number of aromatic amines is 1. The van der Waals surface area contributed by atoms with Crippen molar-refractivity contribution in [3.8, 4) is 0 Å². The summed E-state index contributed by atoms with van der Waals surface area (Å²) in [5, 5.41) is 3.14. The number of rotatable bonds is 7. The molecule has 1 aromatic heterocycles. The predicted molar refractivity (Wildman–Crippen MR) is 112 cm³/mol. The van der Waals surface area contributed by atoms with Gasteiger partial charge in [-0.1, -0.05) is 24.3 Å². The molecule has 0 spiro atoms. The summed E-state index contributed by atoms with van der Waals surface area (Å²) in [6.07, 6.45) is 1.49. The Bertz CT molecular complexity index is 1070. The lowest BCUT2D eigenvalue weighted by atomic mass is 10.1. The van der Waals surface area contributed by atoms with Crippen LogP contribution < -0.4 is 10.9 Å². The quantitative estimate of drug-likeness (QED) is 0.645. The first-order valence-corrected chi connectivity index (χ1v) is 9.51. The molecule has 0 radical (unpaired) electrons. The van der Waals surface area contributed by atoms with Crippen LogP contribution in [0.1, 0.15) is 34.6 Å². The van der Waals surface area contributed by atoms with Crippen molar-refractivity contribution in [2.24, 2.45) is 0 Å². The number of aryl methyl sites for hydroxylation is 1. The van der Waals surface area contributed by atoms with Crippen LogP contribution in [0, 0.1) is 0 Å². The maximum Gasteiger partial charge on any atom is 0.258 e. The third-order valence-corrected chi connectivity index (χ3v) is 4.75. The second kappa shape index (κ2) is 9.14. The summed E-state index contributed by atoms with van der Waals surface area (Å²) < 4.78 is 0. The van der Waals surface area contributed by atoms with E-state index in [-0.39, 0.29) is 17.4 Å². The number of carbonyl (C=O) groups is 2. The van der Waals surface area contributed by atoms with Crippen molar-refractivity contribution in [2.75, 3.05) is 14.1 Å². The third kappa shape index (κ3) is 5.07. The molecule has 0 aliphatic rings. The highest BCUT2D eigenvalue weighted by Crippen LogP contribution is 2.10. The Morgan fingerprint density at radius 1 is 1.10 bits per heavy atom. The highest BCUT2D eigenvalue weighted by molar-refractivity contribution is 5.93. The minimum absolute atomic E-state index is 0.0171. The minimum Gasteiger partial charge on any atom is -0.355 e. The molecule has 7 heteroatoms. The van der Waals surface area contributed by atoms with Gasteiger partial charge in [-0.05, 0) is 36.2 Å². The van der Waals surface area contributed by atoms with E-state index in [1.165, 1.54) is 0 Å². The zero-order valence-electron chi connectivity index (χ0n) is 16.6. The van der Waals surface area contributed by atoms with Crippen molar-refractivity contribution >= 4 is 22.7 Å². The molecule has 2 amide bonds. The van der Waals surface area contributed by atoms with Crippen LogP contribution in [0.15, 0.2) is 53.3 Å². The van der Waals surface area contributed by atoms with Gasteiger partial charge in [0.2, 0.25) is 5.91 Å². The summed E-state index contributed by atoms with van der Waals surface area (Å²) in [4.78, 5) is 45.0. The molecular weight excluding hydrogens is 368 g/mol. The summed E-state index contributed by atoms with van der Waals surface area (Å²) in [5.74, 6) is 0.471. The van der Waals surface area contributed by atoms with E-state index in [0.717, 1.165) is 5.56 Å². The molecule has 1 heterocycles. The molecule has 0 aliphatic carbocycles. The number of aromatic nitrogens is 2. The maximum atomic E-state index is 12.4. The normalized spacial score (nSPS) is 10.7. The van der Waals surface area contributed by atoms with Gasteiger partial charge in [0, 0.05) is 39.0 Å². The summed E-state index contributed by atoms with van der Waals surface area (Å²) in [5.41, 5.74) is 2.04. The van der Waals surface area contributed by atoms with E-state index in [1.807, 2.05) is 24.3 Å². The lowest BCUT2D eigenvalue weighted by Crippen LogP contribution is -2.26. The van der Waals surface area contributed by atoms with Crippen molar-refractivity contribution in [1.29, 1.82) is 0 Å². The summed E-state index contributed by atoms with van der Waals surface area (Å²) in [6.45, 7) is 0.470. The van der Waals surface area contributed by atoms with Crippen LogP contribution in [-0.4, -0.2) is 40.8 Å². The molecule has 29 heavy (non-hydrogen) atoms. The molecule has 3 aromatic rings. The molecular formula is C22H24N4O3. The van der Waals surface area contributed by atoms with Gasteiger partial charge in [0.1, 0.15) is 5.82 Å². The zero-order chi connectivity index (χ0) is 20.8. The van der Waals surface area contributed by atoms with Crippen LogP contribution in [-0.2, 0) is 17.8 Å². The molecule has 0 bridgehead atoms. The van der Waals surface area contributed by atoms with Gasteiger partial charge >= 0.3 is 0 Å². The van der Waals surface area contributed by atoms with Gasteiger partial charge in [-0.15, -0.1) is 0 Å². The molecule has 0 saturated carbocycles. The van der Waals surface area contributed by atoms with E-state index >= 15 is 0 Å². The first-order chi connectivity index (χ1) is 14.0. The Labute approximate surface area is 168 Å². The molecule has 2 aromatic carbocycles. The van der Waals surface area contributed by atoms with Crippen LogP contribution in [0.25, 0.3) is 10.9 Å². The largest absolute Gasteiger partial charge is 0.355 e. The van der Waals surface area contributed by atoms with Crippen LogP contribution in [0.3, 0.4) is 0 Å². The number of H-pyrrole nitrogens is 1. The van der Waals surface area contributed by atoms with Gasteiger partial charge in [-0.2, -0.15) is 0 Å². The minimum atomic E-state index is -0.158. The van der Waals surface area contributed by atoms with E-state index < -0.39 is 0 Å². The molecule has 0 saturated heterocycles.